The summed E-state index contributed by atoms with van der Waals surface area (Å²) in [5, 5.41) is 3.77. The molecule has 0 spiro atoms. The number of anilines is 1. The van der Waals surface area contributed by atoms with Crippen LogP contribution in [0.1, 0.15) is 10.4 Å². The molecule has 0 atom stereocenters. The number of ether oxygens (including phenoxy) is 2. The molecule has 0 aliphatic rings. The topological polar surface area (TPSA) is 60.5 Å². The number of benzene rings is 2. The summed E-state index contributed by atoms with van der Waals surface area (Å²) in [5.41, 5.74) is 1.36. The minimum Gasteiger partial charge on any atom is -0.496 e. The predicted molar refractivity (Wildman–Crippen MR) is 92.0 cm³/mol. The summed E-state index contributed by atoms with van der Waals surface area (Å²) in [6, 6.07) is 12.9. The lowest BCUT2D eigenvalue weighted by molar-refractivity contribution is 0.100. The molecule has 1 N–H and O–H groups in total. The quantitative estimate of drug-likeness (QED) is 0.701. The molecule has 0 radical (unpaired) electrons. The van der Waals surface area contributed by atoms with Gasteiger partial charge in [-0.3, -0.25) is 4.79 Å². The summed E-state index contributed by atoms with van der Waals surface area (Å²) in [5.74, 6) is 1.25. The SMILES string of the molecule is COc1ccccc1C(=O)CNc1nc2c(OC)cccc2s1. The molecule has 6 heteroatoms. The lowest BCUT2D eigenvalue weighted by Crippen LogP contribution is -2.14. The van der Waals surface area contributed by atoms with Crippen LogP contribution in [-0.4, -0.2) is 31.5 Å². The molecular weight excluding hydrogens is 312 g/mol. The zero-order valence-electron chi connectivity index (χ0n) is 12.8. The number of hydrogen-bond donors (Lipinski definition) is 1. The zero-order chi connectivity index (χ0) is 16.2. The Morgan fingerprint density at radius 3 is 2.61 bits per heavy atom. The lowest BCUT2D eigenvalue weighted by Gasteiger charge is -2.07. The second-order valence-electron chi connectivity index (χ2n) is 4.80. The van der Waals surface area contributed by atoms with E-state index in [4.69, 9.17) is 9.47 Å². The standard InChI is InChI=1S/C17H16N2O3S/c1-21-13-7-4-3-6-11(13)12(20)10-18-17-19-16-14(22-2)8-5-9-15(16)23-17/h3-9H,10H2,1-2H3,(H,18,19). The van der Waals surface area contributed by atoms with Gasteiger partial charge < -0.3 is 14.8 Å². The van der Waals surface area contributed by atoms with Crippen molar-refractivity contribution in [3.05, 3.63) is 48.0 Å². The fourth-order valence-electron chi connectivity index (χ4n) is 2.29. The van der Waals surface area contributed by atoms with Crippen LogP contribution >= 0.6 is 11.3 Å². The monoisotopic (exact) mass is 328 g/mol. The number of aromatic nitrogens is 1. The maximum atomic E-state index is 12.3. The van der Waals surface area contributed by atoms with Gasteiger partial charge in [-0.25, -0.2) is 4.98 Å². The minimum atomic E-state index is -0.0475. The smallest absolute Gasteiger partial charge is 0.185 e. The third-order valence-electron chi connectivity index (χ3n) is 3.41. The van der Waals surface area contributed by atoms with E-state index in [1.807, 2.05) is 30.3 Å². The molecular formula is C17H16N2O3S. The maximum Gasteiger partial charge on any atom is 0.185 e. The molecule has 0 saturated heterocycles. The van der Waals surface area contributed by atoms with Crippen LogP contribution < -0.4 is 14.8 Å². The van der Waals surface area contributed by atoms with Crippen molar-refractivity contribution < 1.29 is 14.3 Å². The molecule has 0 bridgehead atoms. The Balaban J connectivity index is 1.77. The highest BCUT2D eigenvalue weighted by atomic mass is 32.1. The van der Waals surface area contributed by atoms with Crippen molar-refractivity contribution in [1.29, 1.82) is 0 Å². The van der Waals surface area contributed by atoms with Gasteiger partial charge in [0.25, 0.3) is 0 Å². The number of hydrogen-bond acceptors (Lipinski definition) is 6. The van der Waals surface area contributed by atoms with Crippen LogP contribution in [0.15, 0.2) is 42.5 Å². The summed E-state index contributed by atoms with van der Waals surface area (Å²) in [6.07, 6.45) is 0. The molecule has 23 heavy (non-hydrogen) atoms. The fraction of sp³-hybridized carbons (Fsp3) is 0.176. The zero-order valence-corrected chi connectivity index (χ0v) is 13.6. The Kier molecular flexibility index (Phi) is 4.43. The second-order valence-corrected chi connectivity index (χ2v) is 5.83. The van der Waals surface area contributed by atoms with E-state index in [0.717, 1.165) is 16.0 Å². The Bertz CT molecular complexity index is 845. The van der Waals surface area contributed by atoms with E-state index in [1.165, 1.54) is 11.3 Å². The molecule has 0 amide bonds. The summed E-state index contributed by atoms with van der Waals surface area (Å²) < 4.78 is 11.5. The van der Waals surface area contributed by atoms with E-state index in [2.05, 4.69) is 10.3 Å². The normalized spacial score (nSPS) is 10.5. The average molecular weight is 328 g/mol. The minimum absolute atomic E-state index is 0.0475. The summed E-state index contributed by atoms with van der Waals surface area (Å²) in [7, 11) is 3.17. The van der Waals surface area contributed by atoms with Crippen LogP contribution in [0.25, 0.3) is 10.2 Å². The molecule has 118 valence electrons. The third kappa shape index (κ3) is 3.12. The van der Waals surface area contributed by atoms with Crippen LogP contribution in [-0.2, 0) is 0 Å². The number of nitrogens with one attached hydrogen (secondary N) is 1. The van der Waals surface area contributed by atoms with E-state index in [9.17, 15) is 4.79 Å². The summed E-state index contributed by atoms with van der Waals surface area (Å²) >= 11 is 1.49. The van der Waals surface area contributed by atoms with Crippen molar-refractivity contribution in [2.45, 2.75) is 0 Å². The average Bonchev–Trinajstić information content (AvgIpc) is 3.02. The highest BCUT2D eigenvalue weighted by molar-refractivity contribution is 7.22. The second kappa shape index (κ2) is 6.66. The van der Waals surface area contributed by atoms with Gasteiger partial charge in [0.2, 0.25) is 0 Å². The summed E-state index contributed by atoms with van der Waals surface area (Å²) in [6.45, 7) is 0.155. The highest BCUT2D eigenvalue weighted by Gasteiger charge is 2.13. The third-order valence-corrected chi connectivity index (χ3v) is 4.39. The Morgan fingerprint density at radius 2 is 1.83 bits per heavy atom. The van der Waals surface area contributed by atoms with Gasteiger partial charge in [-0.1, -0.05) is 29.5 Å². The van der Waals surface area contributed by atoms with Crippen LogP contribution in [0.5, 0.6) is 11.5 Å². The Morgan fingerprint density at radius 1 is 1.09 bits per heavy atom. The van der Waals surface area contributed by atoms with E-state index in [-0.39, 0.29) is 12.3 Å². The molecule has 1 aromatic heterocycles. The number of carbonyl (C=O) groups excluding carboxylic acids is 1. The van der Waals surface area contributed by atoms with Crippen LogP contribution in [0, 0.1) is 0 Å². The molecule has 3 aromatic rings. The van der Waals surface area contributed by atoms with Crippen molar-refractivity contribution >= 4 is 32.5 Å². The van der Waals surface area contributed by atoms with Gasteiger partial charge >= 0.3 is 0 Å². The van der Waals surface area contributed by atoms with Crippen LogP contribution in [0.2, 0.25) is 0 Å². The van der Waals surface area contributed by atoms with Crippen LogP contribution in [0.4, 0.5) is 5.13 Å². The summed E-state index contributed by atoms with van der Waals surface area (Å²) in [4.78, 5) is 16.8. The number of rotatable bonds is 6. The number of Topliss-reactive ketones (excluding diaryl/α,β-unsaturated/α-hetero) is 1. The van der Waals surface area contributed by atoms with Crippen molar-refractivity contribution in [2.24, 2.45) is 0 Å². The van der Waals surface area contributed by atoms with Gasteiger partial charge in [0.15, 0.2) is 10.9 Å². The number of methoxy groups -OCH3 is 2. The number of nitrogens with zero attached hydrogens (tertiary/aromatic N) is 1. The van der Waals surface area contributed by atoms with Gasteiger partial charge in [-0.15, -0.1) is 0 Å². The number of fused-ring (bicyclic) bond motifs is 1. The maximum absolute atomic E-state index is 12.3. The van der Waals surface area contributed by atoms with Gasteiger partial charge in [0.1, 0.15) is 17.0 Å². The largest absolute Gasteiger partial charge is 0.496 e. The van der Waals surface area contributed by atoms with Crippen molar-refractivity contribution in [2.75, 3.05) is 26.1 Å². The number of thiazole rings is 1. The van der Waals surface area contributed by atoms with Gasteiger partial charge in [0, 0.05) is 0 Å². The molecule has 0 fully saturated rings. The van der Waals surface area contributed by atoms with Crippen molar-refractivity contribution in [3.63, 3.8) is 0 Å². The first-order chi connectivity index (χ1) is 11.2. The molecule has 0 aliphatic carbocycles. The predicted octanol–water partition coefficient (Wildman–Crippen LogP) is 3.61. The number of carbonyl (C=O) groups is 1. The molecule has 5 nitrogen and oxygen atoms in total. The van der Waals surface area contributed by atoms with Crippen molar-refractivity contribution in [1.82, 2.24) is 4.98 Å². The Hall–Kier alpha value is -2.60. The molecule has 3 rings (SSSR count). The highest BCUT2D eigenvalue weighted by Crippen LogP contribution is 2.32. The first kappa shape index (κ1) is 15.3. The van der Waals surface area contributed by atoms with Crippen molar-refractivity contribution in [3.8, 4) is 11.5 Å². The van der Waals surface area contributed by atoms with E-state index in [0.29, 0.717) is 16.4 Å². The molecule has 0 aliphatic heterocycles. The van der Waals surface area contributed by atoms with Crippen LogP contribution in [0.3, 0.4) is 0 Å². The molecule has 2 aromatic carbocycles. The fourth-order valence-corrected chi connectivity index (χ4v) is 3.17. The number of ketones is 1. The lowest BCUT2D eigenvalue weighted by atomic mass is 10.1. The molecule has 0 unspecified atom stereocenters. The van der Waals surface area contributed by atoms with Gasteiger partial charge in [-0.05, 0) is 24.3 Å². The molecule has 0 saturated carbocycles. The molecule has 1 heterocycles. The first-order valence-corrected chi connectivity index (χ1v) is 7.88. The Labute approximate surface area is 137 Å². The van der Waals surface area contributed by atoms with Gasteiger partial charge in [-0.2, -0.15) is 0 Å². The number of para-hydroxylation sites is 2. The van der Waals surface area contributed by atoms with E-state index in [1.54, 1.807) is 26.4 Å². The van der Waals surface area contributed by atoms with Gasteiger partial charge in [0.05, 0.1) is 31.0 Å². The first-order valence-electron chi connectivity index (χ1n) is 7.06. The van der Waals surface area contributed by atoms with E-state index < -0.39 is 0 Å². The van der Waals surface area contributed by atoms with E-state index >= 15 is 0 Å².